The monoisotopic (exact) mass is 462 g/mol. The Morgan fingerprint density at radius 2 is 1.82 bits per heavy atom. The van der Waals surface area contributed by atoms with Crippen molar-refractivity contribution in [2.75, 3.05) is 43.6 Å². The standard InChI is InChI=1S/C28H35FN4O/c1-5-12-32(3)25-17-23-24(15-18(25)2)30-27(20-6-7-20)31-28(23)33-13-10-19(11-14-33)22-16-21(29)8-9-26(22)34-4/h8-9,15-17,19-20H,5-7,10-14H2,1-4H3. The molecule has 180 valence electrons. The Morgan fingerprint density at radius 1 is 1.06 bits per heavy atom. The highest BCUT2D eigenvalue weighted by molar-refractivity contribution is 5.93. The van der Waals surface area contributed by atoms with Crippen LogP contribution in [0.15, 0.2) is 30.3 Å². The first kappa shape index (κ1) is 22.9. The molecule has 0 bridgehead atoms. The molecule has 1 saturated heterocycles. The molecule has 2 aliphatic rings. The number of fused-ring (bicyclic) bond motifs is 1. The highest BCUT2D eigenvalue weighted by atomic mass is 19.1. The summed E-state index contributed by atoms with van der Waals surface area (Å²) in [6, 6.07) is 9.38. The topological polar surface area (TPSA) is 41.5 Å². The van der Waals surface area contributed by atoms with E-state index in [1.807, 2.05) is 0 Å². The number of nitrogens with zero attached hydrogens (tertiary/aromatic N) is 4. The molecule has 1 aliphatic carbocycles. The molecule has 6 heteroatoms. The van der Waals surface area contributed by atoms with E-state index >= 15 is 0 Å². The average molecular weight is 463 g/mol. The average Bonchev–Trinajstić information content (AvgIpc) is 3.69. The molecule has 0 unspecified atom stereocenters. The van der Waals surface area contributed by atoms with E-state index in [0.717, 1.165) is 72.8 Å². The second kappa shape index (κ2) is 9.40. The molecule has 3 aromatic rings. The number of benzene rings is 2. The number of aromatic nitrogens is 2. The van der Waals surface area contributed by atoms with Crippen molar-refractivity contribution in [1.29, 1.82) is 0 Å². The molecule has 0 atom stereocenters. The van der Waals surface area contributed by atoms with Crippen molar-refractivity contribution in [2.45, 2.75) is 57.8 Å². The lowest BCUT2D eigenvalue weighted by Crippen LogP contribution is -2.34. The van der Waals surface area contributed by atoms with Crippen LogP contribution >= 0.6 is 0 Å². The molecule has 1 saturated carbocycles. The molecule has 5 nitrogen and oxygen atoms in total. The van der Waals surface area contributed by atoms with Crippen LogP contribution in [0.25, 0.3) is 10.9 Å². The molecule has 2 fully saturated rings. The number of aryl methyl sites for hydroxylation is 1. The Labute approximate surface area is 202 Å². The van der Waals surface area contributed by atoms with Crippen molar-refractivity contribution < 1.29 is 9.13 Å². The van der Waals surface area contributed by atoms with E-state index in [1.54, 1.807) is 19.2 Å². The summed E-state index contributed by atoms with van der Waals surface area (Å²) in [7, 11) is 3.82. The van der Waals surface area contributed by atoms with Crippen molar-refractivity contribution in [3.05, 3.63) is 53.1 Å². The zero-order chi connectivity index (χ0) is 23.8. The van der Waals surface area contributed by atoms with Crippen LogP contribution in [0.4, 0.5) is 15.9 Å². The van der Waals surface area contributed by atoms with Gasteiger partial charge in [0.15, 0.2) is 0 Å². The summed E-state index contributed by atoms with van der Waals surface area (Å²) >= 11 is 0. The van der Waals surface area contributed by atoms with Gasteiger partial charge in [0.2, 0.25) is 0 Å². The summed E-state index contributed by atoms with van der Waals surface area (Å²) in [4.78, 5) is 14.8. The predicted octanol–water partition coefficient (Wildman–Crippen LogP) is 6.19. The number of methoxy groups -OCH3 is 1. The van der Waals surface area contributed by atoms with E-state index in [4.69, 9.17) is 14.7 Å². The van der Waals surface area contributed by atoms with Gasteiger partial charge in [0, 0.05) is 49.2 Å². The third-order valence-corrected chi connectivity index (χ3v) is 7.35. The van der Waals surface area contributed by atoms with Gasteiger partial charge in [-0.2, -0.15) is 0 Å². The smallest absolute Gasteiger partial charge is 0.140 e. The van der Waals surface area contributed by atoms with Crippen LogP contribution in [0.2, 0.25) is 0 Å². The van der Waals surface area contributed by atoms with Crippen molar-refractivity contribution in [3.63, 3.8) is 0 Å². The maximum absolute atomic E-state index is 14.0. The second-order valence-electron chi connectivity index (χ2n) is 9.90. The number of ether oxygens (including phenoxy) is 1. The maximum Gasteiger partial charge on any atom is 0.140 e. The minimum absolute atomic E-state index is 0.201. The molecule has 2 aromatic carbocycles. The second-order valence-corrected chi connectivity index (χ2v) is 9.90. The Bertz CT molecular complexity index is 1180. The van der Waals surface area contributed by atoms with Gasteiger partial charge in [0.05, 0.1) is 12.6 Å². The van der Waals surface area contributed by atoms with Gasteiger partial charge in [-0.15, -0.1) is 0 Å². The van der Waals surface area contributed by atoms with Gasteiger partial charge in [-0.1, -0.05) is 6.92 Å². The normalized spacial score (nSPS) is 16.8. The molecule has 0 spiro atoms. The molecule has 1 aliphatic heterocycles. The Morgan fingerprint density at radius 3 is 2.50 bits per heavy atom. The van der Waals surface area contributed by atoms with Crippen LogP contribution in [0.5, 0.6) is 5.75 Å². The fourth-order valence-electron chi connectivity index (χ4n) is 5.33. The lowest BCUT2D eigenvalue weighted by Gasteiger charge is -2.34. The van der Waals surface area contributed by atoms with Crippen molar-refractivity contribution in [3.8, 4) is 5.75 Å². The zero-order valence-electron chi connectivity index (χ0n) is 20.8. The number of rotatable bonds is 7. The largest absolute Gasteiger partial charge is 0.496 e. The lowest BCUT2D eigenvalue weighted by atomic mass is 9.88. The highest BCUT2D eigenvalue weighted by Gasteiger charge is 2.30. The number of halogens is 1. The summed E-state index contributed by atoms with van der Waals surface area (Å²) in [5, 5.41) is 1.13. The van der Waals surface area contributed by atoms with Crippen LogP contribution in [0.3, 0.4) is 0 Å². The first-order valence-corrected chi connectivity index (χ1v) is 12.6. The number of anilines is 2. The summed E-state index contributed by atoms with van der Waals surface area (Å²) in [5.41, 5.74) is 4.53. The summed E-state index contributed by atoms with van der Waals surface area (Å²) < 4.78 is 19.5. The van der Waals surface area contributed by atoms with E-state index in [2.05, 4.69) is 42.8 Å². The number of hydrogen-bond acceptors (Lipinski definition) is 5. The maximum atomic E-state index is 14.0. The van der Waals surface area contributed by atoms with Gasteiger partial charge >= 0.3 is 0 Å². The van der Waals surface area contributed by atoms with Crippen LogP contribution < -0.4 is 14.5 Å². The van der Waals surface area contributed by atoms with Gasteiger partial charge < -0.3 is 14.5 Å². The van der Waals surface area contributed by atoms with Crippen LogP contribution in [0.1, 0.15) is 67.8 Å². The Balaban J connectivity index is 1.48. The van der Waals surface area contributed by atoms with E-state index < -0.39 is 0 Å². The molecular formula is C28H35FN4O. The molecule has 34 heavy (non-hydrogen) atoms. The van der Waals surface area contributed by atoms with Crippen LogP contribution in [-0.2, 0) is 0 Å². The van der Waals surface area contributed by atoms with E-state index in [-0.39, 0.29) is 11.7 Å². The summed E-state index contributed by atoms with van der Waals surface area (Å²) in [5.74, 6) is 3.41. The van der Waals surface area contributed by atoms with Crippen LogP contribution in [-0.4, -0.2) is 43.8 Å². The van der Waals surface area contributed by atoms with Gasteiger partial charge in [-0.3, -0.25) is 0 Å². The van der Waals surface area contributed by atoms with Crippen molar-refractivity contribution in [2.24, 2.45) is 0 Å². The molecule has 0 N–H and O–H groups in total. The molecular weight excluding hydrogens is 427 g/mol. The minimum Gasteiger partial charge on any atom is -0.496 e. The first-order valence-electron chi connectivity index (χ1n) is 12.6. The molecule has 1 aromatic heterocycles. The van der Waals surface area contributed by atoms with Crippen molar-refractivity contribution >= 4 is 22.4 Å². The Hall–Kier alpha value is -2.89. The first-order chi connectivity index (χ1) is 16.5. The highest BCUT2D eigenvalue weighted by Crippen LogP contribution is 2.42. The van der Waals surface area contributed by atoms with Gasteiger partial charge in [-0.25, -0.2) is 14.4 Å². The van der Waals surface area contributed by atoms with Gasteiger partial charge in [0.1, 0.15) is 23.2 Å². The fourth-order valence-corrected chi connectivity index (χ4v) is 5.33. The van der Waals surface area contributed by atoms with E-state index in [9.17, 15) is 4.39 Å². The molecule has 0 amide bonds. The van der Waals surface area contributed by atoms with Gasteiger partial charge in [0.25, 0.3) is 0 Å². The number of piperidine rings is 1. The lowest BCUT2D eigenvalue weighted by molar-refractivity contribution is 0.395. The quantitative estimate of drug-likeness (QED) is 0.419. The van der Waals surface area contributed by atoms with E-state index in [0.29, 0.717) is 5.92 Å². The fraction of sp³-hybridized carbons (Fsp3) is 0.500. The number of hydrogen-bond donors (Lipinski definition) is 0. The third kappa shape index (κ3) is 4.42. The third-order valence-electron chi connectivity index (χ3n) is 7.35. The predicted molar refractivity (Wildman–Crippen MR) is 137 cm³/mol. The minimum atomic E-state index is -0.201. The summed E-state index contributed by atoms with van der Waals surface area (Å²) in [6.45, 7) is 7.17. The summed E-state index contributed by atoms with van der Waals surface area (Å²) in [6.07, 6.45) is 5.36. The Kier molecular flexibility index (Phi) is 6.32. The van der Waals surface area contributed by atoms with E-state index in [1.165, 1.54) is 30.2 Å². The molecule has 2 heterocycles. The molecule has 5 rings (SSSR count). The molecule has 0 radical (unpaired) electrons. The SMILES string of the molecule is CCCN(C)c1cc2c(N3CCC(c4cc(F)ccc4OC)CC3)nc(C3CC3)nc2cc1C. The van der Waals surface area contributed by atoms with Gasteiger partial charge in [-0.05, 0) is 80.8 Å². The van der Waals surface area contributed by atoms with Crippen LogP contribution in [0, 0.1) is 12.7 Å². The zero-order valence-corrected chi connectivity index (χ0v) is 20.8. The van der Waals surface area contributed by atoms with Crippen molar-refractivity contribution in [1.82, 2.24) is 9.97 Å².